The van der Waals surface area contributed by atoms with Gasteiger partial charge in [-0.1, -0.05) is 12.2 Å². The second kappa shape index (κ2) is 6.09. The number of likely N-dealkylation sites (tertiary alicyclic amines) is 2. The van der Waals surface area contributed by atoms with Gasteiger partial charge in [0.1, 0.15) is 11.5 Å². The van der Waals surface area contributed by atoms with E-state index in [9.17, 15) is 19.2 Å². The molecule has 32 heavy (non-hydrogen) atoms. The fourth-order valence-electron chi connectivity index (χ4n) is 7.15. The SMILES string of the molecule is O=C1[C@@H]2[C@H]3C=C[C@@H]([C@@H]2C(=O)N1Cc1ccco1)[C@@H]1[C@@H]2C(=O)N(Cc4ccco4)C(=O)[C@@H]2[C@H]31. The smallest absolute Gasteiger partial charge is 0.234 e. The number of fused-ring (bicyclic) bond motifs is 1. The van der Waals surface area contributed by atoms with Gasteiger partial charge in [-0.25, -0.2) is 0 Å². The first kappa shape index (κ1) is 18.2. The molecule has 8 rings (SSSR count). The maximum Gasteiger partial charge on any atom is 0.234 e. The van der Waals surface area contributed by atoms with Gasteiger partial charge in [0.25, 0.3) is 0 Å². The third kappa shape index (κ3) is 2.07. The highest BCUT2D eigenvalue weighted by molar-refractivity contribution is 6.09. The minimum absolute atomic E-state index is 0.0744. The summed E-state index contributed by atoms with van der Waals surface area (Å²) in [6, 6.07) is 6.94. The zero-order valence-corrected chi connectivity index (χ0v) is 17.0. The molecule has 2 aliphatic heterocycles. The third-order valence-corrected chi connectivity index (χ3v) is 8.31. The number of amides is 4. The molecule has 2 saturated heterocycles. The number of carbonyl (C=O) groups excluding carboxylic acids is 4. The fourth-order valence-corrected chi connectivity index (χ4v) is 7.15. The predicted octanol–water partition coefficient (Wildman–Crippen LogP) is 1.84. The van der Waals surface area contributed by atoms with Crippen molar-refractivity contribution >= 4 is 23.6 Å². The Kier molecular flexibility index (Phi) is 3.46. The molecule has 4 heterocycles. The van der Waals surface area contributed by atoms with Crippen LogP contribution in [0.2, 0.25) is 0 Å². The largest absolute Gasteiger partial charge is 0.467 e. The number of rotatable bonds is 4. The number of hydrogen-bond donors (Lipinski definition) is 0. The monoisotopic (exact) mass is 432 g/mol. The maximum absolute atomic E-state index is 13.3. The first-order valence-electron chi connectivity index (χ1n) is 11.0. The Morgan fingerprint density at radius 1 is 0.625 bits per heavy atom. The van der Waals surface area contributed by atoms with Crippen LogP contribution in [0.5, 0.6) is 0 Å². The molecule has 8 nitrogen and oxygen atoms in total. The third-order valence-electron chi connectivity index (χ3n) is 8.31. The Balaban J connectivity index is 1.20. The first-order valence-corrected chi connectivity index (χ1v) is 11.0. The van der Waals surface area contributed by atoms with E-state index >= 15 is 0 Å². The van der Waals surface area contributed by atoms with E-state index in [1.807, 2.05) is 12.2 Å². The van der Waals surface area contributed by atoms with E-state index in [4.69, 9.17) is 8.83 Å². The van der Waals surface area contributed by atoms with Crippen molar-refractivity contribution in [3.8, 4) is 0 Å². The molecule has 0 N–H and O–H groups in total. The van der Waals surface area contributed by atoms with E-state index < -0.39 is 23.7 Å². The van der Waals surface area contributed by atoms with Crippen LogP contribution in [0.3, 0.4) is 0 Å². The minimum Gasteiger partial charge on any atom is -0.467 e. The highest BCUT2D eigenvalue weighted by atomic mass is 16.3. The van der Waals surface area contributed by atoms with Crippen LogP contribution < -0.4 is 0 Å². The van der Waals surface area contributed by atoms with Crippen molar-refractivity contribution in [3.63, 3.8) is 0 Å². The van der Waals surface area contributed by atoms with Gasteiger partial charge in [0.2, 0.25) is 23.6 Å². The molecule has 162 valence electrons. The standard InChI is InChI=1S/C24H20N2O6/c27-21-17-13-5-6-14(18(17)22(28)25(21)9-11-3-1-7-31-11)16-15(13)19-20(16)24(30)26(23(19)29)10-12-4-2-8-32-12/h1-8,13-20H,9-10H2/t13-,14+,15+,16-,17+,18-,19+,20-. The average molecular weight is 432 g/mol. The van der Waals surface area contributed by atoms with Crippen LogP contribution in [0.25, 0.3) is 0 Å². The molecule has 4 amide bonds. The summed E-state index contributed by atoms with van der Waals surface area (Å²) in [7, 11) is 0. The molecular formula is C24H20N2O6. The zero-order chi connectivity index (χ0) is 21.7. The fraction of sp³-hybridized carbons (Fsp3) is 0.417. The second-order valence-corrected chi connectivity index (χ2v) is 9.48. The maximum atomic E-state index is 13.3. The molecule has 4 aliphatic carbocycles. The van der Waals surface area contributed by atoms with Gasteiger partial charge in [0, 0.05) is 0 Å². The van der Waals surface area contributed by atoms with Crippen LogP contribution in [0.1, 0.15) is 11.5 Å². The summed E-state index contributed by atoms with van der Waals surface area (Å²) in [5.74, 6) is -1.92. The van der Waals surface area contributed by atoms with Crippen LogP contribution in [0.15, 0.2) is 57.8 Å². The normalized spacial score (nSPS) is 38.9. The lowest BCUT2D eigenvalue weighted by Gasteiger charge is -2.60. The summed E-state index contributed by atoms with van der Waals surface area (Å²) >= 11 is 0. The Hall–Kier alpha value is -3.42. The molecule has 8 atom stereocenters. The molecule has 0 spiro atoms. The topological polar surface area (TPSA) is 101 Å². The number of furan rings is 2. The number of carbonyl (C=O) groups is 4. The number of nitrogens with zero attached hydrogens (tertiary/aromatic N) is 2. The number of hydrogen-bond acceptors (Lipinski definition) is 6. The summed E-state index contributed by atoms with van der Waals surface area (Å²) in [6.07, 6.45) is 7.06. The quantitative estimate of drug-likeness (QED) is 0.540. The minimum atomic E-state index is -0.461. The van der Waals surface area contributed by atoms with Gasteiger partial charge in [-0.15, -0.1) is 0 Å². The Labute approximate surface area is 182 Å². The lowest BCUT2D eigenvalue weighted by molar-refractivity contribution is -0.166. The highest BCUT2D eigenvalue weighted by Crippen LogP contribution is 2.68. The molecule has 6 aliphatic rings. The second-order valence-electron chi connectivity index (χ2n) is 9.48. The van der Waals surface area contributed by atoms with E-state index in [0.717, 1.165) is 0 Å². The Morgan fingerprint density at radius 3 is 1.41 bits per heavy atom. The summed E-state index contributed by atoms with van der Waals surface area (Å²) in [5, 5.41) is 0. The summed E-state index contributed by atoms with van der Waals surface area (Å²) < 4.78 is 10.7. The van der Waals surface area contributed by atoms with Crippen LogP contribution in [-0.4, -0.2) is 33.4 Å². The number of imide groups is 2. The van der Waals surface area contributed by atoms with Crippen LogP contribution in [-0.2, 0) is 32.3 Å². The van der Waals surface area contributed by atoms with Crippen molar-refractivity contribution in [2.24, 2.45) is 47.3 Å². The summed E-state index contributed by atoms with van der Waals surface area (Å²) in [4.78, 5) is 55.6. The molecule has 2 bridgehead atoms. The van der Waals surface area contributed by atoms with Crippen molar-refractivity contribution < 1.29 is 28.0 Å². The van der Waals surface area contributed by atoms with Crippen LogP contribution in [0.4, 0.5) is 0 Å². The van der Waals surface area contributed by atoms with Gasteiger partial charge < -0.3 is 8.83 Å². The molecular weight excluding hydrogens is 412 g/mol. The van der Waals surface area contributed by atoms with E-state index in [1.165, 1.54) is 22.3 Å². The molecule has 8 heteroatoms. The van der Waals surface area contributed by atoms with Gasteiger partial charge in [-0.2, -0.15) is 0 Å². The van der Waals surface area contributed by atoms with Crippen molar-refractivity contribution in [1.29, 1.82) is 0 Å². The lowest BCUT2D eigenvalue weighted by Crippen LogP contribution is -2.63. The summed E-state index contributed by atoms with van der Waals surface area (Å²) in [6.45, 7) is 0.246. The molecule has 2 aromatic heterocycles. The Morgan fingerprint density at radius 2 is 1.03 bits per heavy atom. The molecule has 2 saturated carbocycles. The van der Waals surface area contributed by atoms with Crippen molar-refractivity contribution in [3.05, 3.63) is 60.5 Å². The predicted molar refractivity (Wildman–Crippen MR) is 106 cm³/mol. The van der Waals surface area contributed by atoms with Gasteiger partial charge in [0.15, 0.2) is 0 Å². The Bertz CT molecular complexity index is 1130. The lowest BCUT2D eigenvalue weighted by atomic mass is 9.40. The summed E-state index contributed by atoms with van der Waals surface area (Å²) in [5.41, 5.74) is 0. The average Bonchev–Trinajstić information content (AvgIpc) is 3.54. The van der Waals surface area contributed by atoms with Crippen molar-refractivity contribution in [1.82, 2.24) is 9.80 Å². The van der Waals surface area contributed by atoms with Gasteiger partial charge in [0.05, 0.1) is 49.3 Å². The van der Waals surface area contributed by atoms with E-state index in [2.05, 4.69) is 0 Å². The van der Waals surface area contributed by atoms with Crippen LogP contribution >= 0.6 is 0 Å². The molecule has 2 aromatic rings. The number of allylic oxidation sites excluding steroid dienone is 2. The molecule has 4 fully saturated rings. The molecule has 0 unspecified atom stereocenters. The van der Waals surface area contributed by atoms with Gasteiger partial charge in [-0.3, -0.25) is 29.0 Å². The first-order chi connectivity index (χ1) is 15.6. The van der Waals surface area contributed by atoms with Gasteiger partial charge in [-0.05, 0) is 47.9 Å². The highest BCUT2D eigenvalue weighted by Gasteiger charge is 2.74. The molecule has 0 aromatic carbocycles. The van der Waals surface area contributed by atoms with E-state index in [-0.39, 0.29) is 60.4 Å². The van der Waals surface area contributed by atoms with Gasteiger partial charge >= 0.3 is 0 Å². The zero-order valence-electron chi connectivity index (χ0n) is 17.0. The molecule has 0 radical (unpaired) electrons. The van der Waals surface area contributed by atoms with Crippen LogP contribution in [0, 0.1) is 47.3 Å². The van der Waals surface area contributed by atoms with Crippen molar-refractivity contribution in [2.75, 3.05) is 0 Å². The van der Waals surface area contributed by atoms with E-state index in [1.54, 1.807) is 24.3 Å². The van der Waals surface area contributed by atoms with E-state index in [0.29, 0.717) is 11.5 Å². The van der Waals surface area contributed by atoms with Crippen molar-refractivity contribution in [2.45, 2.75) is 13.1 Å².